The van der Waals surface area contributed by atoms with Crippen LogP contribution in [0.15, 0.2) is 0 Å². The Hall–Kier alpha value is -0.0400. The quantitative estimate of drug-likeness (QED) is 0.713. The van der Waals surface area contributed by atoms with Gasteiger partial charge in [0.25, 0.3) is 0 Å². The molecular formula is C17H35N. The van der Waals surface area contributed by atoms with Crippen LogP contribution in [0.25, 0.3) is 0 Å². The van der Waals surface area contributed by atoms with E-state index in [0.29, 0.717) is 0 Å². The summed E-state index contributed by atoms with van der Waals surface area (Å²) in [5.74, 6) is 0.983. The van der Waals surface area contributed by atoms with Crippen molar-refractivity contribution in [2.24, 2.45) is 11.7 Å². The molecule has 0 atom stereocenters. The zero-order chi connectivity index (χ0) is 12.9. The van der Waals surface area contributed by atoms with Crippen LogP contribution in [0.5, 0.6) is 0 Å². The monoisotopic (exact) mass is 253 g/mol. The molecule has 0 aromatic rings. The smallest absolute Gasteiger partial charge is 0.00772 e. The molecule has 0 heterocycles. The molecule has 18 heavy (non-hydrogen) atoms. The molecule has 1 saturated carbocycles. The van der Waals surface area contributed by atoms with E-state index in [4.69, 9.17) is 5.73 Å². The van der Waals surface area contributed by atoms with Crippen molar-refractivity contribution in [3.63, 3.8) is 0 Å². The Bertz CT molecular complexity index is 153. The highest BCUT2D eigenvalue weighted by atomic mass is 14.5. The van der Waals surface area contributed by atoms with E-state index < -0.39 is 0 Å². The normalized spacial score (nSPS) is 22.5. The van der Waals surface area contributed by atoms with E-state index >= 15 is 0 Å². The van der Waals surface area contributed by atoms with E-state index in [1.807, 2.05) is 0 Å². The second kappa shape index (κ2) is 12.0. The largest absolute Gasteiger partial charge is 0.330 e. The molecule has 1 nitrogen and oxygen atoms in total. The summed E-state index contributed by atoms with van der Waals surface area (Å²) in [4.78, 5) is 0. The minimum absolute atomic E-state index is 0.885. The summed E-state index contributed by atoms with van der Waals surface area (Å²) in [5.41, 5.74) is 5.66. The first-order valence-corrected chi connectivity index (χ1v) is 8.63. The molecule has 0 aromatic heterocycles. The Labute approximate surface area is 115 Å². The molecule has 0 spiro atoms. The van der Waals surface area contributed by atoms with Crippen LogP contribution in [0.1, 0.15) is 96.3 Å². The van der Waals surface area contributed by atoms with Crippen LogP contribution in [0.2, 0.25) is 0 Å². The van der Waals surface area contributed by atoms with Gasteiger partial charge in [-0.2, -0.15) is 0 Å². The minimum Gasteiger partial charge on any atom is -0.330 e. The van der Waals surface area contributed by atoms with Gasteiger partial charge in [-0.15, -0.1) is 0 Å². The Morgan fingerprint density at radius 2 is 1.00 bits per heavy atom. The van der Waals surface area contributed by atoms with Gasteiger partial charge in [-0.05, 0) is 25.3 Å². The van der Waals surface area contributed by atoms with Crippen molar-refractivity contribution >= 4 is 0 Å². The lowest BCUT2D eigenvalue weighted by atomic mass is 9.90. The molecule has 0 bridgehead atoms. The van der Waals surface area contributed by atoms with Gasteiger partial charge in [0.2, 0.25) is 0 Å². The second-order valence-electron chi connectivity index (χ2n) is 6.26. The Morgan fingerprint density at radius 3 is 1.39 bits per heavy atom. The maximum absolute atomic E-state index is 5.66. The summed E-state index contributed by atoms with van der Waals surface area (Å²) in [6, 6.07) is 0. The minimum atomic E-state index is 0.885. The van der Waals surface area contributed by atoms with Crippen molar-refractivity contribution in [3.8, 4) is 0 Å². The Kier molecular flexibility index (Phi) is 10.7. The molecule has 1 rings (SSSR count). The van der Waals surface area contributed by atoms with Gasteiger partial charge in [0, 0.05) is 0 Å². The van der Waals surface area contributed by atoms with Gasteiger partial charge < -0.3 is 5.73 Å². The Morgan fingerprint density at radius 1 is 0.611 bits per heavy atom. The van der Waals surface area contributed by atoms with Crippen LogP contribution >= 0.6 is 0 Å². The standard InChI is InChI=1S/C17H35N/c18-16-12-15-17-13-10-8-6-4-2-1-3-5-7-9-11-14-17/h17H,1-16,18H2. The fraction of sp³-hybridized carbons (Fsp3) is 1.00. The molecule has 0 aliphatic heterocycles. The third-order valence-electron chi connectivity index (χ3n) is 4.54. The Balaban J connectivity index is 2.20. The second-order valence-corrected chi connectivity index (χ2v) is 6.26. The molecular weight excluding hydrogens is 218 g/mol. The van der Waals surface area contributed by atoms with Crippen LogP contribution in [-0.4, -0.2) is 6.54 Å². The van der Waals surface area contributed by atoms with Crippen molar-refractivity contribution in [1.82, 2.24) is 0 Å². The van der Waals surface area contributed by atoms with E-state index in [0.717, 1.165) is 12.5 Å². The average molecular weight is 253 g/mol. The lowest BCUT2D eigenvalue weighted by molar-refractivity contribution is 0.371. The summed E-state index contributed by atoms with van der Waals surface area (Å²) >= 11 is 0. The number of hydrogen-bond acceptors (Lipinski definition) is 1. The maximum Gasteiger partial charge on any atom is -0.00772 e. The SMILES string of the molecule is NCCCC1CCCCCCCCCCCCC1. The topological polar surface area (TPSA) is 26.0 Å². The third-order valence-corrected chi connectivity index (χ3v) is 4.54. The number of rotatable bonds is 3. The molecule has 0 aromatic carbocycles. The molecule has 2 N–H and O–H groups in total. The van der Waals surface area contributed by atoms with Gasteiger partial charge in [-0.1, -0.05) is 83.5 Å². The molecule has 0 radical (unpaired) electrons. The maximum atomic E-state index is 5.66. The average Bonchev–Trinajstić information content (AvgIpc) is 2.39. The van der Waals surface area contributed by atoms with E-state index in [2.05, 4.69) is 0 Å². The zero-order valence-electron chi connectivity index (χ0n) is 12.5. The summed E-state index contributed by atoms with van der Waals surface area (Å²) in [7, 11) is 0. The summed E-state index contributed by atoms with van der Waals surface area (Å²) in [5, 5.41) is 0. The highest BCUT2D eigenvalue weighted by Gasteiger charge is 2.08. The predicted octanol–water partition coefficient (Wildman–Crippen LogP) is 5.43. The first-order valence-electron chi connectivity index (χ1n) is 8.63. The molecule has 0 unspecified atom stereocenters. The fourth-order valence-electron chi connectivity index (χ4n) is 3.30. The molecule has 1 aliphatic rings. The number of hydrogen-bond donors (Lipinski definition) is 1. The van der Waals surface area contributed by atoms with Crippen molar-refractivity contribution in [1.29, 1.82) is 0 Å². The van der Waals surface area contributed by atoms with Gasteiger partial charge in [-0.3, -0.25) is 0 Å². The van der Waals surface area contributed by atoms with E-state index in [1.165, 1.54) is 96.3 Å². The van der Waals surface area contributed by atoms with Gasteiger partial charge in [0.1, 0.15) is 0 Å². The number of nitrogens with two attached hydrogens (primary N) is 1. The van der Waals surface area contributed by atoms with Gasteiger partial charge in [-0.25, -0.2) is 0 Å². The fourth-order valence-corrected chi connectivity index (χ4v) is 3.30. The summed E-state index contributed by atoms with van der Waals surface area (Å²) in [6.07, 6.45) is 21.8. The predicted molar refractivity (Wildman–Crippen MR) is 81.8 cm³/mol. The highest BCUT2D eigenvalue weighted by Crippen LogP contribution is 2.23. The molecule has 1 aliphatic carbocycles. The molecule has 1 fully saturated rings. The highest BCUT2D eigenvalue weighted by molar-refractivity contribution is 4.62. The van der Waals surface area contributed by atoms with Crippen molar-refractivity contribution in [2.75, 3.05) is 6.54 Å². The van der Waals surface area contributed by atoms with Crippen LogP contribution in [0, 0.1) is 5.92 Å². The molecule has 0 saturated heterocycles. The molecule has 108 valence electrons. The van der Waals surface area contributed by atoms with Crippen molar-refractivity contribution in [2.45, 2.75) is 96.3 Å². The van der Waals surface area contributed by atoms with Crippen LogP contribution in [0.3, 0.4) is 0 Å². The first kappa shape index (κ1) is 16.0. The van der Waals surface area contributed by atoms with Crippen LogP contribution in [0.4, 0.5) is 0 Å². The van der Waals surface area contributed by atoms with Gasteiger partial charge in [0.05, 0.1) is 0 Å². The lowest BCUT2D eigenvalue weighted by Gasteiger charge is -2.17. The van der Waals surface area contributed by atoms with E-state index in [-0.39, 0.29) is 0 Å². The molecule has 0 amide bonds. The van der Waals surface area contributed by atoms with E-state index in [1.54, 1.807) is 0 Å². The van der Waals surface area contributed by atoms with Crippen LogP contribution in [-0.2, 0) is 0 Å². The van der Waals surface area contributed by atoms with E-state index in [9.17, 15) is 0 Å². The van der Waals surface area contributed by atoms with Gasteiger partial charge >= 0.3 is 0 Å². The summed E-state index contributed by atoms with van der Waals surface area (Å²) < 4.78 is 0. The first-order chi connectivity index (χ1) is 8.93. The van der Waals surface area contributed by atoms with Gasteiger partial charge in [0.15, 0.2) is 0 Å². The van der Waals surface area contributed by atoms with Crippen LogP contribution < -0.4 is 5.73 Å². The molecule has 1 heteroatoms. The van der Waals surface area contributed by atoms with Crippen molar-refractivity contribution < 1.29 is 0 Å². The third kappa shape index (κ3) is 8.97. The lowest BCUT2D eigenvalue weighted by Crippen LogP contribution is -2.06. The zero-order valence-corrected chi connectivity index (χ0v) is 12.5. The summed E-state index contributed by atoms with van der Waals surface area (Å²) in [6.45, 7) is 0.885. The van der Waals surface area contributed by atoms with Crippen molar-refractivity contribution in [3.05, 3.63) is 0 Å².